The molecule has 1 heterocycles. The number of thiocarbonyl (C=S) groups is 1. The molecular weight excluding hydrogens is 294 g/mol. The fourth-order valence-electron chi connectivity index (χ4n) is 1.76. The van der Waals surface area contributed by atoms with Crippen molar-refractivity contribution in [1.82, 2.24) is 4.98 Å². The normalized spacial score (nSPS) is 11.7. The van der Waals surface area contributed by atoms with Gasteiger partial charge in [0.15, 0.2) is 5.82 Å². The highest BCUT2D eigenvalue weighted by Gasteiger charge is 2.24. The summed E-state index contributed by atoms with van der Waals surface area (Å²) < 4.78 is 0. The van der Waals surface area contributed by atoms with Gasteiger partial charge in [-0.05, 0) is 17.7 Å². The Morgan fingerprint density at radius 2 is 1.95 bits per heavy atom. The molecule has 0 saturated heterocycles. The number of hydrogen-bond acceptors (Lipinski definition) is 3. The maximum absolute atomic E-state index is 12.3. The molecule has 0 radical (unpaired) electrons. The number of halogens is 1. The summed E-state index contributed by atoms with van der Waals surface area (Å²) in [5, 5.41) is 3.00. The van der Waals surface area contributed by atoms with Crippen LogP contribution in [0.3, 0.4) is 0 Å². The molecule has 102 valence electrons. The average Bonchev–Trinajstić information content (AvgIpc) is 2.42. The van der Waals surface area contributed by atoms with Crippen molar-refractivity contribution in [3.8, 4) is 0 Å². The highest BCUT2D eigenvalue weighted by atomic mass is 35.5. The third kappa shape index (κ3) is 3.31. The van der Waals surface area contributed by atoms with E-state index < -0.39 is 5.92 Å². The van der Waals surface area contributed by atoms with Crippen LogP contribution < -0.4 is 11.1 Å². The van der Waals surface area contributed by atoms with E-state index >= 15 is 0 Å². The molecule has 0 aliphatic heterocycles. The van der Waals surface area contributed by atoms with Gasteiger partial charge in [-0.3, -0.25) is 4.79 Å². The van der Waals surface area contributed by atoms with Gasteiger partial charge in [0.05, 0.1) is 10.0 Å². The van der Waals surface area contributed by atoms with Crippen molar-refractivity contribution < 1.29 is 4.79 Å². The van der Waals surface area contributed by atoms with Gasteiger partial charge in [-0.15, -0.1) is 0 Å². The van der Waals surface area contributed by atoms with E-state index in [0.29, 0.717) is 5.02 Å². The lowest BCUT2D eigenvalue weighted by Gasteiger charge is -2.15. The van der Waals surface area contributed by atoms with Crippen LogP contribution in [0, 0.1) is 0 Å². The van der Waals surface area contributed by atoms with Crippen LogP contribution in [0.15, 0.2) is 48.7 Å². The first-order chi connectivity index (χ1) is 9.59. The summed E-state index contributed by atoms with van der Waals surface area (Å²) in [6.07, 6.45) is 1.54. The molecule has 0 spiro atoms. The highest BCUT2D eigenvalue weighted by Crippen LogP contribution is 2.22. The topological polar surface area (TPSA) is 68.0 Å². The Morgan fingerprint density at radius 1 is 1.25 bits per heavy atom. The maximum Gasteiger partial charge on any atom is 0.239 e. The average molecular weight is 306 g/mol. The molecule has 2 rings (SSSR count). The van der Waals surface area contributed by atoms with Gasteiger partial charge < -0.3 is 11.1 Å². The van der Waals surface area contributed by atoms with Crippen LogP contribution in [0.25, 0.3) is 0 Å². The van der Waals surface area contributed by atoms with Crippen molar-refractivity contribution in [1.29, 1.82) is 0 Å². The molecule has 20 heavy (non-hydrogen) atoms. The second-order valence-corrected chi connectivity index (χ2v) is 4.95. The van der Waals surface area contributed by atoms with Crippen LogP contribution in [0.4, 0.5) is 5.82 Å². The first-order valence-electron chi connectivity index (χ1n) is 5.85. The van der Waals surface area contributed by atoms with Crippen LogP contribution in [-0.2, 0) is 4.79 Å². The van der Waals surface area contributed by atoms with Crippen LogP contribution in [0.2, 0.25) is 5.02 Å². The van der Waals surface area contributed by atoms with Crippen LogP contribution in [-0.4, -0.2) is 15.9 Å². The number of nitrogens with zero attached hydrogens (tertiary/aromatic N) is 1. The van der Waals surface area contributed by atoms with Crippen molar-refractivity contribution in [2.24, 2.45) is 5.73 Å². The number of carbonyl (C=O) groups excluding carboxylic acids is 1. The molecule has 1 unspecified atom stereocenters. The summed E-state index contributed by atoms with van der Waals surface area (Å²) in [6, 6.07) is 12.4. The molecule has 6 heteroatoms. The Kier molecular flexibility index (Phi) is 4.65. The summed E-state index contributed by atoms with van der Waals surface area (Å²) in [6.45, 7) is 0. The summed E-state index contributed by atoms with van der Waals surface area (Å²) >= 11 is 10.9. The fourth-order valence-corrected chi connectivity index (χ4v) is 2.17. The number of nitrogens with two attached hydrogens (primary N) is 1. The molecule has 3 N–H and O–H groups in total. The van der Waals surface area contributed by atoms with E-state index in [1.54, 1.807) is 30.5 Å². The van der Waals surface area contributed by atoms with E-state index in [9.17, 15) is 4.79 Å². The van der Waals surface area contributed by atoms with Crippen molar-refractivity contribution >= 4 is 40.5 Å². The fraction of sp³-hybridized carbons (Fsp3) is 0.0714. The van der Waals surface area contributed by atoms with Gasteiger partial charge >= 0.3 is 0 Å². The lowest BCUT2D eigenvalue weighted by atomic mass is 9.98. The van der Waals surface area contributed by atoms with Crippen molar-refractivity contribution in [2.45, 2.75) is 5.92 Å². The van der Waals surface area contributed by atoms with E-state index in [-0.39, 0.29) is 16.7 Å². The monoisotopic (exact) mass is 305 g/mol. The molecule has 0 bridgehead atoms. The molecule has 0 aliphatic rings. The van der Waals surface area contributed by atoms with Gasteiger partial charge in [0.2, 0.25) is 5.91 Å². The summed E-state index contributed by atoms with van der Waals surface area (Å²) in [5.74, 6) is -0.787. The number of amides is 1. The summed E-state index contributed by atoms with van der Waals surface area (Å²) in [7, 11) is 0. The third-order valence-corrected chi connectivity index (χ3v) is 3.22. The largest absolute Gasteiger partial charge is 0.392 e. The molecule has 1 atom stereocenters. The zero-order chi connectivity index (χ0) is 14.5. The number of pyridine rings is 1. The van der Waals surface area contributed by atoms with E-state index in [0.717, 1.165) is 5.56 Å². The second-order valence-electron chi connectivity index (χ2n) is 4.07. The van der Waals surface area contributed by atoms with Gasteiger partial charge in [-0.2, -0.15) is 0 Å². The Morgan fingerprint density at radius 3 is 2.55 bits per heavy atom. The zero-order valence-electron chi connectivity index (χ0n) is 10.4. The van der Waals surface area contributed by atoms with Gasteiger partial charge in [-0.1, -0.05) is 54.2 Å². The van der Waals surface area contributed by atoms with E-state index in [1.165, 1.54) is 0 Å². The number of carbonyl (C=O) groups is 1. The predicted molar refractivity (Wildman–Crippen MR) is 83.8 cm³/mol. The first kappa shape index (κ1) is 14.4. The number of benzene rings is 1. The Hall–Kier alpha value is -1.98. The van der Waals surface area contributed by atoms with Gasteiger partial charge in [0.1, 0.15) is 5.92 Å². The molecule has 4 nitrogen and oxygen atoms in total. The minimum atomic E-state index is -0.718. The zero-order valence-corrected chi connectivity index (χ0v) is 12.0. The Labute approximate surface area is 127 Å². The highest BCUT2D eigenvalue weighted by molar-refractivity contribution is 7.80. The smallest absolute Gasteiger partial charge is 0.239 e. The van der Waals surface area contributed by atoms with Crippen LogP contribution >= 0.6 is 23.8 Å². The lowest BCUT2D eigenvalue weighted by molar-refractivity contribution is -0.116. The Bertz CT molecular complexity index is 633. The minimum Gasteiger partial charge on any atom is -0.392 e. The quantitative estimate of drug-likeness (QED) is 0.852. The predicted octanol–water partition coefficient (Wildman–Crippen LogP) is 2.74. The van der Waals surface area contributed by atoms with E-state index in [1.807, 2.05) is 18.2 Å². The number of aromatic nitrogens is 1. The summed E-state index contributed by atoms with van der Waals surface area (Å²) in [5.41, 5.74) is 6.40. The van der Waals surface area contributed by atoms with Crippen LogP contribution in [0.5, 0.6) is 0 Å². The molecule has 0 aliphatic carbocycles. The minimum absolute atomic E-state index is 0.0979. The Balaban J connectivity index is 2.25. The number of anilines is 1. The van der Waals surface area contributed by atoms with Crippen molar-refractivity contribution in [3.05, 3.63) is 59.2 Å². The first-order valence-corrected chi connectivity index (χ1v) is 6.64. The molecule has 1 amide bonds. The SMILES string of the molecule is NC(=S)C(C(=O)Nc1ncccc1Cl)c1ccccc1. The number of rotatable bonds is 4. The van der Waals surface area contributed by atoms with E-state index in [2.05, 4.69) is 10.3 Å². The maximum atomic E-state index is 12.3. The van der Waals surface area contributed by atoms with Gasteiger partial charge in [-0.25, -0.2) is 4.98 Å². The summed E-state index contributed by atoms with van der Waals surface area (Å²) in [4.78, 5) is 16.4. The molecule has 0 fully saturated rings. The molecule has 2 aromatic rings. The molecule has 1 aromatic carbocycles. The molecule has 0 saturated carbocycles. The van der Waals surface area contributed by atoms with Gasteiger partial charge in [0, 0.05) is 6.20 Å². The number of hydrogen-bond donors (Lipinski definition) is 2. The lowest BCUT2D eigenvalue weighted by Crippen LogP contribution is -2.31. The number of nitrogens with one attached hydrogen (secondary N) is 1. The third-order valence-electron chi connectivity index (χ3n) is 2.68. The van der Waals surface area contributed by atoms with Crippen LogP contribution in [0.1, 0.15) is 11.5 Å². The molecule has 1 aromatic heterocycles. The standard InChI is InChI=1S/C14H12ClN3OS/c15-10-7-4-8-17-13(10)18-14(19)11(12(16)20)9-5-2-1-3-6-9/h1-8,11H,(H2,16,20)(H,17,18,19). The second kappa shape index (κ2) is 6.45. The molecular formula is C14H12ClN3OS. The van der Waals surface area contributed by atoms with Crippen molar-refractivity contribution in [2.75, 3.05) is 5.32 Å². The van der Waals surface area contributed by atoms with Crippen molar-refractivity contribution in [3.63, 3.8) is 0 Å². The van der Waals surface area contributed by atoms with E-state index in [4.69, 9.17) is 29.6 Å². The van der Waals surface area contributed by atoms with Gasteiger partial charge in [0.25, 0.3) is 0 Å².